The molecule has 0 amide bonds. The number of nitrogens with two attached hydrogens (primary N) is 1. The van der Waals surface area contributed by atoms with E-state index in [1.807, 2.05) is 0 Å². The minimum Gasteiger partial charge on any atom is -0.389 e. The van der Waals surface area contributed by atoms with Gasteiger partial charge in [-0.25, -0.2) is 12.8 Å². The van der Waals surface area contributed by atoms with Gasteiger partial charge in [-0.1, -0.05) is 24.3 Å². The summed E-state index contributed by atoms with van der Waals surface area (Å²) < 4.78 is 42.5. The van der Waals surface area contributed by atoms with E-state index in [1.54, 1.807) is 50.4 Å². The Balaban J connectivity index is 0.00000256. The Morgan fingerprint density at radius 3 is 2.70 bits per heavy atom. The normalized spacial score (nSPS) is 20.5. The van der Waals surface area contributed by atoms with Crippen LogP contribution in [0, 0.1) is 12.7 Å². The van der Waals surface area contributed by atoms with E-state index in [-0.39, 0.29) is 29.4 Å². The zero-order valence-electron chi connectivity index (χ0n) is 16.5. The summed E-state index contributed by atoms with van der Waals surface area (Å²) in [5, 5.41) is 3.05. The van der Waals surface area contributed by atoms with Gasteiger partial charge in [-0.15, -0.1) is 12.4 Å². The average molecular weight is 449 g/mol. The first kappa shape index (κ1) is 22.0. The molecule has 1 aromatic carbocycles. The maximum absolute atomic E-state index is 14.7. The highest BCUT2D eigenvalue weighted by Gasteiger charge is 2.40. The maximum Gasteiger partial charge on any atom is 0.266 e. The highest BCUT2D eigenvalue weighted by molar-refractivity contribution is 7.89. The van der Waals surface area contributed by atoms with Crippen molar-refractivity contribution in [1.82, 2.24) is 14.6 Å². The van der Waals surface area contributed by atoms with Crippen molar-refractivity contribution in [3.05, 3.63) is 94.9 Å². The molecule has 0 fully saturated rings. The van der Waals surface area contributed by atoms with Gasteiger partial charge in [0.05, 0.1) is 17.8 Å². The number of rotatable bonds is 4. The number of hydrogen-bond acceptors (Lipinski definition) is 5. The quantitative estimate of drug-likeness (QED) is 0.750. The van der Waals surface area contributed by atoms with Gasteiger partial charge in [0.2, 0.25) is 0 Å². The lowest BCUT2D eigenvalue weighted by Crippen LogP contribution is -2.38. The Hall–Kier alpha value is -2.68. The number of pyridine rings is 1. The van der Waals surface area contributed by atoms with Gasteiger partial charge in [-0.05, 0) is 36.8 Å². The fourth-order valence-corrected chi connectivity index (χ4v) is 5.04. The average Bonchev–Trinajstić information content (AvgIpc) is 3.06. The molecule has 1 atom stereocenters. The van der Waals surface area contributed by atoms with Gasteiger partial charge in [0.25, 0.3) is 10.0 Å². The van der Waals surface area contributed by atoms with E-state index in [4.69, 9.17) is 5.73 Å². The maximum atomic E-state index is 14.7. The van der Waals surface area contributed by atoms with Crippen molar-refractivity contribution in [3.63, 3.8) is 0 Å². The predicted molar refractivity (Wildman–Crippen MR) is 116 cm³/mol. The van der Waals surface area contributed by atoms with Crippen LogP contribution in [0.1, 0.15) is 11.1 Å². The zero-order valence-corrected chi connectivity index (χ0v) is 18.1. The topological polar surface area (TPSA) is 88.3 Å². The molecular formula is C21H22ClFN4O2S. The second-order valence-electron chi connectivity index (χ2n) is 7.12. The molecule has 1 aliphatic carbocycles. The van der Waals surface area contributed by atoms with Crippen LogP contribution in [0.2, 0.25) is 0 Å². The summed E-state index contributed by atoms with van der Waals surface area (Å²) in [5.74, 6) is -0.435. The molecule has 1 unspecified atom stereocenters. The number of nitrogens with one attached hydrogen (secondary N) is 1. The molecule has 2 aliphatic rings. The Morgan fingerprint density at radius 1 is 1.30 bits per heavy atom. The van der Waals surface area contributed by atoms with Crippen LogP contribution >= 0.6 is 12.4 Å². The van der Waals surface area contributed by atoms with Crippen LogP contribution in [0.15, 0.2) is 82.8 Å². The number of nitrogens with zero attached hydrogens (tertiary/aromatic N) is 2. The predicted octanol–water partition coefficient (Wildman–Crippen LogP) is 2.74. The molecule has 30 heavy (non-hydrogen) atoms. The fraction of sp³-hybridized carbons (Fsp3) is 0.190. The first-order valence-corrected chi connectivity index (χ1v) is 10.5. The van der Waals surface area contributed by atoms with Crippen molar-refractivity contribution < 1.29 is 12.8 Å². The molecule has 1 aliphatic heterocycles. The number of halogens is 2. The third kappa shape index (κ3) is 3.51. The summed E-state index contributed by atoms with van der Waals surface area (Å²) >= 11 is 0. The number of hydrogen-bond donors (Lipinski definition) is 2. The Kier molecular flexibility index (Phi) is 5.77. The number of aromatic nitrogens is 1. The first-order valence-electron chi connectivity index (χ1n) is 9.08. The molecular weight excluding hydrogens is 427 g/mol. The number of allylic oxidation sites excluding steroid dienone is 1. The van der Waals surface area contributed by atoms with Crippen molar-refractivity contribution in [2.45, 2.75) is 17.4 Å². The van der Waals surface area contributed by atoms with Crippen LogP contribution in [0.25, 0.3) is 0 Å². The van der Waals surface area contributed by atoms with E-state index in [0.29, 0.717) is 11.3 Å². The third-order valence-corrected chi connectivity index (χ3v) is 6.93. The van der Waals surface area contributed by atoms with Gasteiger partial charge in [0.1, 0.15) is 10.7 Å². The van der Waals surface area contributed by atoms with Crippen molar-refractivity contribution in [3.8, 4) is 0 Å². The van der Waals surface area contributed by atoms with E-state index in [9.17, 15) is 12.8 Å². The zero-order chi connectivity index (χ0) is 20.8. The highest BCUT2D eigenvalue weighted by Crippen LogP contribution is 2.40. The number of fused-ring (bicyclic) bond motifs is 1. The third-order valence-electron chi connectivity index (χ3n) is 5.19. The van der Waals surface area contributed by atoms with Gasteiger partial charge in [-0.3, -0.25) is 9.29 Å². The molecule has 2 aromatic rings. The Morgan fingerprint density at radius 2 is 2.07 bits per heavy atom. The largest absolute Gasteiger partial charge is 0.389 e. The summed E-state index contributed by atoms with van der Waals surface area (Å²) in [6, 6.07) is 7.89. The molecule has 2 heterocycles. The molecule has 0 saturated heterocycles. The molecule has 3 N–H and O–H groups in total. The second-order valence-corrected chi connectivity index (χ2v) is 8.98. The molecule has 0 radical (unpaired) electrons. The molecule has 1 aromatic heterocycles. The van der Waals surface area contributed by atoms with Crippen LogP contribution in [-0.2, 0) is 15.6 Å². The van der Waals surface area contributed by atoms with E-state index in [1.165, 1.54) is 28.8 Å². The van der Waals surface area contributed by atoms with Crippen molar-refractivity contribution in [2.75, 3.05) is 13.6 Å². The Bertz CT molecular complexity index is 1180. The summed E-state index contributed by atoms with van der Waals surface area (Å²) in [6.07, 6.45) is 7.87. The van der Waals surface area contributed by atoms with Crippen molar-refractivity contribution in [2.24, 2.45) is 5.73 Å². The summed E-state index contributed by atoms with van der Waals surface area (Å²) in [6.45, 7) is 1.93. The van der Waals surface area contributed by atoms with Gasteiger partial charge in [-0.2, -0.15) is 0 Å². The number of sulfonamides is 1. The minimum atomic E-state index is -3.86. The van der Waals surface area contributed by atoms with Crippen LogP contribution in [0.3, 0.4) is 0 Å². The molecule has 9 heteroatoms. The fourth-order valence-electron chi connectivity index (χ4n) is 3.63. The molecule has 158 valence electrons. The molecule has 6 nitrogen and oxygen atoms in total. The van der Waals surface area contributed by atoms with Crippen molar-refractivity contribution in [1.29, 1.82) is 0 Å². The smallest absolute Gasteiger partial charge is 0.266 e. The van der Waals surface area contributed by atoms with E-state index >= 15 is 0 Å². The number of benzene rings is 1. The van der Waals surface area contributed by atoms with Gasteiger partial charge >= 0.3 is 0 Å². The molecule has 0 saturated carbocycles. The molecule has 4 rings (SSSR count). The van der Waals surface area contributed by atoms with E-state index < -0.39 is 21.4 Å². The highest BCUT2D eigenvalue weighted by atomic mass is 35.5. The molecule has 0 spiro atoms. The molecule has 0 bridgehead atoms. The first-order chi connectivity index (χ1) is 13.8. The SMILES string of the molecule is CNC1=C2C=CC(N)(c3ccc(C)cc3F)C=C2N(S(=O)(=O)c2cccnc2)C1.Cl. The van der Waals surface area contributed by atoms with Crippen LogP contribution in [0.5, 0.6) is 0 Å². The lowest BCUT2D eigenvalue weighted by Gasteiger charge is -2.30. The van der Waals surface area contributed by atoms with Gasteiger partial charge in [0.15, 0.2) is 0 Å². The van der Waals surface area contributed by atoms with Crippen LogP contribution in [-0.4, -0.2) is 31.3 Å². The van der Waals surface area contributed by atoms with Crippen LogP contribution < -0.4 is 11.1 Å². The summed E-state index contributed by atoms with van der Waals surface area (Å²) in [5.41, 5.74) is 8.20. The second kappa shape index (κ2) is 7.86. The number of aryl methyl sites for hydroxylation is 1. The van der Waals surface area contributed by atoms with Crippen molar-refractivity contribution >= 4 is 22.4 Å². The monoisotopic (exact) mass is 448 g/mol. The van der Waals surface area contributed by atoms with Gasteiger partial charge in [0, 0.05) is 36.3 Å². The van der Waals surface area contributed by atoms with Gasteiger partial charge < -0.3 is 11.1 Å². The number of likely N-dealkylation sites (N-methyl/N-ethyl adjacent to an activating group) is 1. The van der Waals surface area contributed by atoms with E-state index in [0.717, 1.165) is 11.3 Å². The van der Waals surface area contributed by atoms with E-state index in [2.05, 4.69) is 10.3 Å². The lowest BCUT2D eigenvalue weighted by atomic mass is 9.84. The van der Waals surface area contributed by atoms with Crippen LogP contribution in [0.4, 0.5) is 4.39 Å². The minimum absolute atomic E-state index is 0. The standard InChI is InChI=1S/C21H21FN4O2S.ClH/c1-14-5-6-17(18(22)10-14)21(23)8-7-16-19(24-2)13-26(20(16)11-21)29(27,28)15-4-3-9-25-12-15;/h3-12,24H,13,23H2,1-2H3;1H. The lowest BCUT2D eigenvalue weighted by molar-refractivity contribution is 0.503. The Labute approximate surface area is 181 Å². The summed E-state index contributed by atoms with van der Waals surface area (Å²) in [4.78, 5) is 4.00. The summed E-state index contributed by atoms with van der Waals surface area (Å²) in [7, 11) is -2.13.